The van der Waals surface area contributed by atoms with E-state index in [9.17, 15) is 14.9 Å². The molecule has 0 amide bonds. The first kappa shape index (κ1) is 13.6. The fourth-order valence-corrected chi connectivity index (χ4v) is 1.65. The van der Waals surface area contributed by atoms with Crippen LogP contribution in [0.15, 0.2) is 34.7 Å². The van der Waals surface area contributed by atoms with Gasteiger partial charge in [0.25, 0.3) is 5.69 Å². The molecule has 1 aromatic heterocycles. The molecule has 2 rings (SSSR count). The van der Waals surface area contributed by atoms with Crippen LogP contribution < -0.4 is 4.74 Å². The molecule has 1 aromatic carbocycles. The summed E-state index contributed by atoms with van der Waals surface area (Å²) in [5.74, 6) is -0.448. The van der Waals surface area contributed by atoms with Crippen LogP contribution in [-0.2, 0) is 6.61 Å². The molecule has 0 saturated carbocycles. The van der Waals surface area contributed by atoms with E-state index in [1.165, 1.54) is 24.3 Å². The summed E-state index contributed by atoms with van der Waals surface area (Å²) < 4.78 is 10.5. The van der Waals surface area contributed by atoms with Crippen LogP contribution in [0.2, 0.25) is 0 Å². The van der Waals surface area contributed by atoms with Gasteiger partial charge >= 0.3 is 5.97 Å². The second kappa shape index (κ2) is 5.43. The Bertz CT molecular complexity index is 643. The van der Waals surface area contributed by atoms with Crippen molar-refractivity contribution in [1.82, 2.24) is 0 Å². The summed E-state index contributed by atoms with van der Waals surface area (Å²) in [5, 5.41) is 19.3. The zero-order valence-electron chi connectivity index (χ0n) is 10.5. The van der Waals surface area contributed by atoms with E-state index in [0.717, 1.165) is 0 Å². The van der Waals surface area contributed by atoms with Gasteiger partial charge in [0.05, 0.1) is 4.92 Å². The van der Waals surface area contributed by atoms with Gasteiger partial charge in [-0.25, -0.2) is 4.79 Å². The van der Waals surface area contributed by atoms with Crippen molar-refractivity contribution in [3.63, 3.8) is 0 Å². The van der Waals surface area contributed by atoms with E-state index in [2.05, 4.69) is 0 Å². The average Bonchev–Trinajstić information content (AvgIpc) is 2.78. The zero-order chi connectivity index (χ0) is 14.7. The van der Waals surface area contributed by atoms with Crippen LogP contribution in [0, 0.1) is 17.0 Å². The summed E-state index contributed by atoms with van der Waals surface area (Å²) in [6.45, 7) is 1.67. The Labute approximate surface area is 113 Å². The number of carboxylic acid groups (broad SMARTS) is 1. The van der Waals surface area contributed by atoms with E-state index in [1.54, 1.807) is 13.0 Å². The molecule has 2 aromatic rings. The first-order valence-electron chi connectivity index (χ1n) is 5.67. The van der Waals surface area contributed by atoms with Gasteiger partial charge in [0, 0.05) is 17.7 Å². The summed E-state index contributed by atoms with van der Waals surface area (Å²) in [5.41, 5.74) is 0.485. The number of nitrogens with zero attached hydrogens (tertiary/aromatic N) is 1. The lowest BCUT2D eigenvalue weighted by atomic mass is 10.2. The highest BCUT2D eigenvalue weighted by atomic mass is 16.6. The minimum absolute atomic E-state index is 0.0284. The third-order valence-corrected chi connectivity index (χ3v) is 2.59. The van der Waals surface area contributed by atoms with Crippen molar-refractivity contribution in [2.45, 2.75) is 13.5 Å². The van der Waals surface area contributed by atoms with E-state index in [1.807, 2.05) is 0 Å². The summed E-state index contributed by atoms with van der Waals surface area (Å²) in [4.78, 5) is 20.8. The van der Waals surface area contributed by atoms with E-state index in [4.69, 9.17) is 14.3 Å². The van der Waals surface area contributed by atoms with Crippen molar-refractivity contribution in [1.29, 1.82) is 0 Å². The van der Waals surface area contributed by atoms with E-state index in [-0.39, 0.29) is 18.1 Å². The number of aromatic carboxylic acids is 1. The second-order valence-corrected chi connectivity index (χ2v) is 4.07. The maximum atomic E-state index is 10.8. The number of non-ortho nitro benzene ring substituents is 1. The smallest absolute Gasteiger partial charge is 0.372 e. The number of benzene rings is 1. The highest BCUT2D eigenvalue weighted by Crippen LogP contribution is 2.20. The highest BCUT2D eigenvalue weighted by molar-refractivity contribution is 5.86. The van der Waals surface area contributed by atoms with E-state index < -0.39 is 10.9 Å². The third kappa shape index (κ3) is 2.94. The number of hydrogen-bond donors (Lipinski definition) is 1. The van der Waals surface area contributed by atoms with Gasteiger partial charge in [0.15, 0.2) is 0 Å². The molecule has 104 valence electrons. The maximum absolute atomic E-state index is 10.8. The molecule has 0 aliphatic rings. The van der Waals surface area contributed by atoms with Crippen molar-refractivity contribution in [2.24, 2.45) is 0 Å². The van der Waals surface area contributed by atoms with Crippen molar-refractivity contribution in [2.75, 3.05) is 0 Å². The van der Waals surface area contributed by atoms with Gasteiger partial charge in [0.2, 0.25) is 5.76 Å². The molecule has 1 heterocycles. The highest BCUT2D eigenvalue weighted by Gasteiger charge is 2.14. The molecule has 0 aliphatic heterocycles. The number of aryl methyl sites for hydroxylation is 1. The molecule has 0 atom stereocenters. The van der Waals surface area contributed by atoms with Gasteiger partial charge in [-0.1, -0.05) is 0 Å². The summed E-state index contributed by atoms with van der Waals surface area (Å²) in [7, 11) is 0. The minimum atomic E-state index is -1.14. The summed E-state index contributed by atoms with van der Waals surface area (Å²) in [6, 6.07) is 7.16. The lowest BCUT2D eigenvalue weighted by Crippen LogP contribution is -1.96. The Morgan fingerprint density at radius 3 is 2.55 bits per heavy atom. The molecule has 0 bridgehead atoms. The monoisotopic (exact) mass is 277 g/mol. The fourth-order valence-electron chi connectivity index (χ4n) is 1.65. The lowest BCUT2D eigenvalue weighted by Gasteiger charge is -2.03. The Morgan fingerprint density at radius 2 is 2.05 bits per heavy atom. The number of hydrogen-bond acceptors (Lipinski definition) is 5. The standard InChI is InChI=1S/C13H11NO6/c1-8-6-11(20-12(8)13(15)16)7-19-10-4-2-9(3-5-10)14(17)18/h2-6H,7H2,1H3,(H,15,16). The summed E-state index contributed by atoms with van der Waals surface area (Å²) in [6.07, 6.45) is 0. The molecule has 0 radical (unpaired) electrons. The normalized spacial score (nSPS) is 10.2. The van der Waals surface area contributed by atoms with Gasteiger partial charge < -0.3 is 14.3 Å². The largest absolute Gasteiger partial charge is 0.486 e. The van der Waals surface area contributed by atoms with Crippen molar-refractivity contribution in [3.8, 4) is 5.75 Å². The zero-order valence-corrected chi connectivity index (χ0v) is 10.5. The van der Waals surface area contributed by atoms with Gasteiger partial charge in [-0.05, 0) is 25.1 Å². The molecule has 7 heteroatoms. The number of nitro benzene ring substituents is 1. The van der Waals surface area contributed by atoms with Gasteiger partial charge in [-0.3, -0.25) is 10.1 Å². The number of carbonyl (C=O) groups is 1. The number of rotatable bonds is 5. The van der Waals surface area contributed by atoms with Crippen LogP contribution in [0.4, 0.5) is 5.69 Å². The summed E-state index contributed by atoms with van der Waals surface area (Å²) >= 11 is 0. The number of nitro groups is 1. The number of furan rings is 1. The predicted molar refractivity (Wildman–Crippen MR) is 67.8 cm³/mol. The molecular weight excluding hydrogens is 266 g/mol. The Morgan fingerprint density at radius 1 is 1.40 bits per heavy atom. The van der Waals surface area contributed by atoms with Crippen LogP contribution >= 0.6 is 0 Å². The van der Waals surface area contributed by atoms with Crippen LogP contribution in [0.3, 0.4) is 0 Å². The van der Waals surface area contributed by atoms with Crippen molar-refractivity contribution < 1.29 is 24.0 Å². The SMILES string of the molecule is Cc1cc(COc2ccc([N+](=O)[O-])cc2)oc1C(=O)O. The maximum Gasteiger partial charge on any atom is 0.372 e. The molecule has 0 unspecified atom stereocenters. The molecule has 20 heavy (non-hydrogen) atoms. The van der Waals surface area contributed by atoms with Crippen molar-refractivity contribution in [3.05, 3.63) is 57.5 Å². The first-order chi connectivity index (χ1) is 9.47. The van der Waals surface area contributed by atoms with Crippen LogP contribution in [0.1, 0.15) is 21.9 Å². The molecule has 7 nitrogen and oxygen atoms in total. The van der Waals surface area contributed by atoms with E-state index >= 15 is 0 Å². The third-order valence-electron chi connectivity index (χ3n) is 2.59. The number of carboxylic acids is 1. The van der Waals surface area contributed by atoms with Crippen molar-refractivity contribution >= 4 is 11.7 Å². The molecule has 1 N–H and O–H groups in total. The fraction of sp³-hybridized carbons (Fsp3) is 0.154. The Balaban J connectivity index is 2.03. The quantitative estimate of drug-likeness (QED) is 0.665. The molecule has 0 saturated heterocycles. The molecule has 0 aliphatic carbocycles. The topological polar surface area (TPSA) is 103 Å². The van der Waals surface area contributed by atoms with Gasteiger partial charge in [0.1, 0.15) is 18.1 Å². The Hall–Kier alpha value is -2.83. The lowest BCUT2D eigenvalue weighted by molar-refractivity contribution is -0.384. The molecular formula is C13H11NO6. The van der Waals surface area contributed by atoms with Gasteiger partial charge in [-0.2, -0.15) is 0 Å². The molecule has 0 spiro atoms. The van der Waals surface area contributed by atoms with Crippen LogP contribution in [0.25, 0.3) is 0 Å². The van der Waals surface area contributed by atoms with Crippen LogP contribution in [0.5, 0.6) is 5.75 Å². The van der Waals surface area contributed by atoms with Gasteiger partial charge in [-0.15, -0.1) is 0 Å². The first-order valence-corrected chi connectivity index (χ1v) is 5.67. The number of ether oxygens (including phenoxy) is 1. The molecule has 0 fully saturated rings. The minimum Gasteiger partial charge on any atom is -0.486 e. The van der Waals surface area contributed by atoms with E-state index in [0.29, 0.717) is 17.1 Å². The average molecular weight is 277 g/mol. The van der Waals surface area contributed by atoms with Crippen LogP contribution in [-0.4, -0.2) is 16.0 Å². The second-order valence-electron chi connectivity index (χ2n) is 4.07. The Kier molecular flexibility index (Phi) is 3.69. The predicted octanol–water partition coefficient (Wildman–Crippen LogP) is 2.77.